The normalized spacial score (nSPS) is 17.2. The monoisotopic (exact) mass is 473 g/mol. The van der Waals surface area contributed by atoms with Gasteiger partial charge >= 0.3 is 6.09 Å². The van der Waals surface area contributed by atoms with Crippen LogP contribution in [0, 0.1) is 5.92 Å². The second-order valence-electron chi connectivity index (χ2n) is 8.90. The topological polar surface area (TPSA) is 97.7 Å². The molecule has 3 aromatic rings. The van der Waals surface area contributed by atoms with Crippen molar-refractivity contribution in [2.24, 2.45) is 5.92 Å². The third-order valence-electron chi connectivity index (χ3n) is 5.80. The Hall–Kier alpha value is -4.20. The summed E-state index contributed by atoms with van der Waals surface area (Å²) < 4.78 is 6.84. The Balaban J connectivity index is 1.67. The number of nitrogens with one attached hydrogen (secondary N) is 1. The highest BCUT2D eigenvalue weighted by Gasteiger charge is 2.40. The van der Waals surface area contributed by atoms with E-state index in [0.717, 1.165) is 10.5 Å². The molecule has 0 radical (unpaired) electrons. The van der Waals surface area contributed by atoms with Crippen molar-refractivity contribution in [3.8, 4) is 0 Å². The first kappa shape index (κ1) is 23.9. The van der Waals surface area contributed by atoms with Crippen molar-refractivity contribution < 1.29 is 23.9 Å². The molecular formula is C27H27N3O5. The lowest BCUT2D eigenvalue weighted by molar-refractivity contribution is -0.152. The van der Waals surface area contributed by atoms with Crippen LogP contribution in [0.2, 0.25) is 0 Å². The highest BCUT2D eigenvalue weighted by atomic mass is 16.5. The summed E-state index contributed by atoms with van der Waals surface area (Å²) in [5.41, 5.74) is 1.96. The third-order valence-corrected chi connectivity index (χ3v) is 5.80. The Kier molecular flexibility index (Phi) is 6.82. The van der Waals surface area contributed by atoms with E-state index >= 15 is 0 Å². The lowest BCUT2D eigenvalue weighted by Crippen LogP contribution is -2.58. The molecule has 1 N–H and O–H groups in total. The smallest absolute Gasteiger partial charge is 0.418 e. The van der Waals surface area contributed by atoms with Crippen molar-refractivity contribution in [2.45, 2.75) is 39.8 Å². The van der Waals surface area contributed by atoms with E-state index in [-0.39, 0.29) is 18.2 Å². The maximum atomic E-state index is 13.2. The maximum Gasteiger partial charge on any atom is 0.418 e. The molecule has 0 aliphatic carbocycles. The summed E-state index contributed by atoms with van der Waals surface area (Å²) in [5, 5.41) is 3.35. The number of carbonyl (C=O) groups is 4. The van der Waals surface area contributed by atoms with Crippen molar-refractivity contribution >= 4 is 40.8 Å². The highest BCUT2D eigenvalue weighted by molar-refractivity contribution is 6.14. The summed E-state index contributed by atoms with van der Waals surface area (Å²) in [6.45, 7) is 5.23. The van der Waals surface area contributed by atoms with E-state index in [4.69, 9.17) is 4.74 Å². The van der Waals surface area contributed by atoms with Gasteiger partial charge in [0.05, 0.1) is 5.52 Å². The first-order chi connectivity index (χ1) is 16.8. The number of imide groups is 1. The van der Waals surface area contributed by atoms with Crippen LogP contribution in [0.5, 0.6) is 0 Å². The first-order valence-corrected chi connectivity index (χ1v) is 11.4. The first-order valence-electron chi connectivity index (χ1n) is 11.4. The minimum absolute atomic E-state index is 0.0224. The van der Waals surface area contributed by atoms with Gasteiger partial charge in [0, 0.05) is 24.1 Å². The number of para-hydroxylation sites is 1. The van der Waals surface area contributed by atoms with E-state index in [9.17, 15) is 19.2 Å². The van der Waals surface area contributed by atoms with E-state index in [2.05, 4.69) is 5.32 Å². The SMILES string of the molecule is CC(=O)N1C(=O)/C(=C/c2cn(C(=O)OCc3ccccc3)c3ccccc23)NC(=O)[C@@H]1CC(C)C. The predicted octanol–water partition coefficient (Wildman–Crippen LogP) is 4.09. The fourth-order valence-corrected chi connectivity index (χ4v) is 4.19. The lowest BCUT2D eigenvalue weighted by atomic mass is 9.98. The van der Waals surface area contributed by atoms with Gasteiger partial charge in [-0.3, -0.25) is 23.9 Å². The largest absolute Gasteiger partial charge is 0.444 e. The average molecular weight is 474 g/mol. The fraction of sp³-hybridized carbons (Fsp3) is 0.259. The number of carbonyl (C=O) groups excluding carboxylic acids is 4. The second-order valence-corrected chi connectivity index (χ2v) is 8.90. The van der Waals surface area contributed by atoms with Crippen LogP contribution in [0.15, 0.2) is 66.5 Å². The molecule has 0 bridgehead atoms. The summed E-state index contributed by atoms with van der Waals surface area (Å²) in [6, 6.07) is 15.7. The molecule has 0 unspecified atom stereocenters. The Labute approximate surface area is 203 Å². The van der Waals surface area contributed by atoms with Crippen LogP contribution in [0.3, 0.4) is 0 Å². The van der Waals surface area contributed by atoms with Crippen molar-refractivity contribution in [1.82, 2.24) is 14.8 Å². The van der Waals surface area contributed by atoms with Gasteiger partial charge in [0.25, 0.3) is 5.91 Å². The highest BCUT2D eigenvalue weighted by Crippen LogP contribution is 2.26. The van der Waals surface area contributed by atoms with Gasteiger partial charge < -0.3 is 10.1 Å². The molecule has 2 aromatic carbocycles. The molecule has 1 saturated heterocycles. The fourth-order valence-electron chi connectivity index (χ4n) is 4.19. The maximum absolute atomic E-state index is 13.2. The summed E-state index contributed by atoms with van der Waals surface area (Å²) >= 11 is 0. The van der Waals surface area contributed by atoms with Gasteiger partial charge in [0.2, 0.25) is 11.8 Å². The number of rotatable bonds is 5. The predicted molar refractivity (Wildman–Crippen MR) is 131 cm³/mol. The number of benzene rings is 2. The molecule has 3 amide bonds. The quantitative estimate of drug-likeness (QED) is 0.563. The summed E-state index contributed by atoms with van der Waals surface area (Å²) in [4.78, 5) is 52.1. The molecule has 1 fully saturated rings. The zero-order valence-corrected chi connectivity index (χ0v) is 19.9. The van der Waals surface area contributed by atoms with Gasteiger partial charge in [-0.1, -0.05) is 62.4 Å². The van der Waals surface area contributed by atoms with E-state index in [1.54, 1.807) is 18.3 Å². The molecule has 4 rings (SSSR count). The van der Waals surface area contributed by atoms with Crippen molar-refractivity contribution in [2.75, 3.05) is 0 Å². The van der Waals surface area contributed by atoms with Gasteiger partial charge in [-0.25, -0.2) is 4.79 Å². The minimum atomic E-state index is -0.855. The van der Waals surface area contributed by atoms with E-state index in [1.807, 2.05) is 56.3 Å². The molecule has 1 aliphatic rings. The van der Waals surface area contributed by atoms with Crippen LogP contribution in [-0.2, 0) is 25.7 Å². The number of amides is 3. The van der Waals surface area contributed by atoms with E-state index in [0.29, 0.717) is 22.9 Å². The van der Waals surface area contributed by atoms with Gasteiger partial charge in [0.15, 0.2) is 0 Å². The molecule has 8 heteroatoms. The van der Waals surface area contributed by atoms with Crippen LogP contribution < -0.4 is 5.32 Å². The molecule has 2 heterocycles. The zero-order chi connectivity index (χ0) is 25.1. The van der Waals surface area contributed by atoms with E-state index in [1.165, 1.54) is 17.6 Å². The van der Waals surface area contributed by atoms with Gasteiger partial charge in [-0.2, -0.15) is 0 Å². The molecule has 8 nitrogen and oxygen atoms in total. The number of hydrogen-bond donors (Lipinski definition) is 1. The van der Waals surface area contributed by atoms with Crippen molar-refractivity contribution in [1.29, 1.82) is 0 Å². The molecule has 1 aromatic heterocycles. The molecule has 35 heavy (non-hydrogen) atoms. The van der Waals surface area contributed by atoms with Gasteiger partial charge in [-0.15, -0.1) is 0 Å². The molecular weight excluding hydrogens is 446 g/mol. The van der Waals surface area contributed by atoms with Gasteiger partial charge in [-0.05, 0) is 30.0 Å². The third kappa shape index (κ3) is 5.01. The Bertz CT molecular complexity index is 1320. The number of piperazine rings is 1. The van der Waals surface area contributed by atoms with Crippen molar-refractivity contribution in [3.05, 3.63) is 77.6 Å². The van der Waals surface area contributed by atoms with Crippen LogP contribution in [0.1, 0.15) is 38.3 Å². The number of nitrogens with zero attached hydrogens (tertiary/aromatic N) is 2. The number of aromatic nitrogens is 1. The summed E-state index contributed by atoms with van der Waals surface area (Å²) in [6.07, 6.45) is 2.85. The molecule has 0 spiro atoms. The number of ether oxygens (including phenoxy) is 1. The Morgan fingerprint density at radius 1 is 1.06 bits per heavy atom. The average Bonchev–Trinajstić information content (AvgIpc) is 3.19. The Morgan fingerprint density at radius 2 is 1.74 bits per heavy atom. The Morgan fingerprint density at radius 3 is 2.43 bits per heavy atom. The summed E-state index contributed by atoms with van der Waals surface area (Å²) in [7, 11) is 0. The van der Waals surface area contributed by atoms with Crippen LogP contribution in [0.25, 0.3) is 17.0 Å². The van der Waals surface area contributed by atoms with Crippen molar-refractivity contribution in [3.63, 3.8) is 0 Å². The van der Waals surface area contributed by atoms with Crippen LogP contribution in [-0.4, -0.2) is 39.3 Å². The molecule has 1 atom stereocenters. The van der Waals surface area contributed by atoms with Gasteiger partial charge in [0.1, 0.15) is 18.3 Å². The summed E-state index contributed by atoms with van der Waals surface area (Å²) in [5.74, 6) is -1.36. The molecule has 0 saturated carbocycles. The molecule has 180 valence electrons. The minimum Gasteiger partial charge on any atom is -0.444 e. The number of fused-ring (bicyclic) bond motifs is 1. The van der Waals surface area contributed by atoms with E-state index < -0.39 is 29.9 Å². The second kappa shape index (κ2) is 9.97. The zero-order valence-electron chi connectivity index (χ0n) is 19.9. The standard InChI is InChI=1S/C27H27N3O5/c1-17(2)13-24-25(32)28-22(26(33)30(24)18(3)31)14-20-15-29(23-12-8-7-11-21(20)23)27(34)35-16-19-9-5-4-6-10-19/h4-12,14-15,17,24H,13,16H2,1-3H3,(H,28,32)/b22-14-/t24-/m0/s1. The van der Waals surface area contributed by atoms with Crippen LogP contribution >= 0.6 is 0 Å². The van der Waals surface area contributed by atoms with Crippen LogP contribution in [0.4, 0.5) is 4.79 Å². The lowest BCUT2D eigenvalue weighted by Gasteiger charge is -2.34. The molecule has 1 aliphatic heterocycles. The number of hydrogen-bond acceptors (Lipinski definition) is 5.